The molecule has 7 nitrogen and oxygen atoms in total. The number of ether oxygens (including phenoxy) is 1. The van der Waals surface area contributed by atoms with Crippen LogP contribution < -0.4 is 10.1 Å². The van der Waals surface area contributed by atoms with E-state index in [1.807, 2.05) is 36.2 Å². The van der Waals surface area contributed by atoms with Crippen molar-refractivity contribution in [1.29, 1.82) is 0 Å². The zero-order chi connectivity index (χ0) is 19.2. The van der Waals surface area contributed by atoms with Crippen LogP contribution in [0.2, 0.25) is 0 Å². The van der Waals surface area contributed by atoms with E-state index < -0.39 is 0 Å². The number of nitrogens with one attached hydrogen (secondary N) is 1. The van der Waals surface area contributed by atoms with Gasteiger partial charge in [0.05, 0.1) is 13.7 Å². The van der Waals surface area contributed by atoms with Crippen molar-refractivity contribution >= 4 is 11.8 Å². The predicted molar refractivity (Wildman–Crippen MR) is 101 cm³/mol. The van der Waals surface area contributed by atoms with Gasteiger partial charge in [-0.05, 0) is 44.0 Å². The molecule has 1 fully saturated rings. The molecule has 1 N–H and O–H groups in total. The summed E-state index contributed by atoms with van der Waals surface area (Å²) in [5.41, 5.74) is 0.616. The van der Waals surface area contributed by atoms with Crippen molar-refractivity contribution in [3.63, 3.8) is 0 Å². The highest BCUT2D eigenvalue weighted by atomic mass is 16.5. The lowest BCUT2D eigenvalue weighted by Crippen LogP contribution is -2.45. The highest BCUT2D eigenvalue weighted by Crippen LogP contribution is 2.21. The molecule has 27 heavy (non-hydrogen) atoms. The average molecular weight is 370 g/mol. The number of methoxy groups -OCH3 is 1. The van der Waals surface area contributed by atoms with Gasteiger partial charge in [-0.2, -0.15) is 5.10 Å². The summed E-state index contributed by atoms with van der Waals surface area (Å²) in [6, 6.07) is 9.04. The van der Waals surface area contributed by atoms with Gasteiger partial charge in [-0.15, -0.1) is 0 Å². The molecule has 1 atom stereocenters. The van der Waals surface area contributed by atoms with Crippen LogP contribution in [0.15, 0.2) is 42.7 Å². The second-order valence-corrected chi connectivity index (χ2v) is 6.94. The lowest BCUT2D eigenvalue weighted by molar-refractivity contribution is -0.127. The van der Waals surface area contributed by atoms with E-state index in [0.29, 0.717) is 43.8 Å². The van der Waals surface area contributed by atoms with Crippen LogP contribution in [0, 0.1) is 5.92 Å². The Morgan fingerprint density at radius 3 is 2.74 bits per heavy atom. The van der Waals surface area contributed by atoms with Gasteiger partial charge in [-0.3, -0.25) is 14.3 Å². The van der Waals surface area contributed by atoms with Gasteiger partial charge in [0.2, 0.25) is 5.91 Å². The minimum Gasteiger partial charge on any atom is -0.497 e. The fraction of sp³-hybridized carbons (Fsp3) is 0.450. The summed E-state index contributed by atoms with van der Waals surface area (Å²) in [7, 11) is 1.58. The molecule has 0 bridgehead atoms. The van der Waals surface area contributed by atoms with Crippen LogP contribution in [0.4, 0.5) is 0 Å². The van der Waals surface area contributed by atoms with Crippen molar-refractivity contribution < 1.29 is 14.3 Å². The summed E-state index contributed by atoms with van der Waals surface area (Å²) in [4.78, 5) is 27.0. The lowest BCUT2D eigenvalue weighted by Gasteiger charge is -2.32. The molecule has 1 aromatic carbocycles. The standard InChI is InChI=1S/C20H26N4O3/c1-15(14-24-10-4-9-21-24)22-19(25)16-7-11-23(12-8-16)20(26)17-5-3-6-18(13-17)27-2/h3-6,9-10,13,15-16H,7-8,11-12,14H2,1-2H3,(H,22,25). The number of carbonyl (C=O) groups is 2. The number of nitrogens with zero attached hydrogens (tertiary/aromatic N) is 3. The van der Waals surface area contributed by atoms with Crippen molar-refractivity contribution in [3.05, 3.63) is 48.3 Å². The number of rotatable bonds is 6. The molecule has 2 heterocycles. The van der Waals surface area contributed by atoms with Gasteiger partial charge < -0.3 is 15.0 Å². The molecule has 0 spiro atoms. The number of likely N-dealkylation sites (tertiary alicyclic amines) is 1. The first kappa shape index (κ1) is 18.9. The summed E-state index contributed by atoms with van der Waals surface area (Å²) >= 11 is 0. The van der Waals surface area contributed by atoms with Crippen molar-refractivity contribution in [2.45, 2.75) is 32.4 Å². The smallest absolute Gasteiger partial charge is 0.253 e. The van der Waals surface area contributed by atoms with Gasteiger partial charge in [-0.25, -0.2) is 0 Å². The van der Waals surface area contributed by atoms with Gasteiger partial charge in [0.15, 0.2) is 0 Å². The number of amides is 2. The maximum atomic E-state index is 12.7. The molecule has 1 saturated heterocycles. The van der Waals surface area contributed by atoms with Gasteiger partial charge in [0, 0.05) is 43.0 Å². The molecule has 0 saturated carbocycles. The predicted octanol–water partition coefficient (Wildman–Crippen LogP) is 1.95. The highest BCUT2D eigenvalue weighted by Gasteiger charge is 2.28. The quantitative estimate of drug-likeness (QED) is 0.843. The first-order valence-corrected chi connectivity index (χ1v) is 9.28. The van der Waals surface area contributed by atoms with E-state index in [1.165, 1.54) is 0 Å². The molecule has 1 unspecified atom stereocenters. The zero-order valence-corrected chi connectivity index (χ0v) is 15.8. The summed E-state index contributed by atoms with van der Waals surface area (Å²) in [6.07, 6.45) is 4.96. The Hall–Kier alpha value is -2.83. The van der Waals surface area contributed by atoms with Gasteiger partial charge >= 0.3 is 0 Å². The number of hydrogen-bond acceptors (Lipinski definition) is 4. The van der Waals surface area contributed by atoms with Crippen LogP contribution in [-0.2, 0) is 11.3 Å². The van der Waals surface area contributed by atoms with Crippen LogP contribution in [0.3, 0.4) is 0 Å². The minimum absolute atomic E-state index is 0.00819. The Kier molecular flexibility index (Phi) is 6.11. The summed E-state index contributed by atoms with van der Waals surface area (Å²) in [5.74, 6) is 0.656. The zero-order valence-electron chi connectivity index (χ0n) is 15.8. The van der Waals surface area contributed by atoms with Gasteiger partial charge in [-0.1, -0.05) is 6.07 Å². The molecule has 1 aromatic heterocycles. The van der Waals surface area contributed by atoms with Gasteiger partial charge in [0.1, 0.15) is 5.75 Å². The van der Waals surface area contributed by atoms with Crippen LogP contribution in [-0.4, -0.2) is 52.7 Å². The number of piperidine rings is 1. The summed E-state index contributed by atoms with van der Waals surface area (Å²) in [6.45, 7) is 3.79. The molecular formula is C20H26N4O3. The van der Waals surface area contributed by atoms with Crippen LogP contribution in [0.5, 0.6) is 5.75 Å². The Balaban J connectivity index is 1.49. The topological polar surface area (TPSA) is 76.5 Å². The largest absolute Gasteiger partial charge is 0.497 e. The molecular weight excluding hydrogens is 344 g/mol. The lowest BCUT2D eigenvalue weighted by atomic mass is 9.95. The maximum Gasteiger partial charge on any atom is 0.253 e. The molecule has 1 aliphatic rings. The third-order valence-corrected chi connectivity index (χ3v) is 4.88. The fourth-order valence-electron chi connectivity index (χ4n) is 3.38. The molecule has 144 valence electrons. The fourth-order valence-corrected chi connectivity index (χ4v) is 3.38. The first-order valence-electron chi connectivity index (χ1n) is 9.28. The normalized spacial score (nSPS) is 16.0. The molecule has 7 heteroatoms. The summed E-state index contributed by atoms with van der Waals surface area (Å²) < 4.78 is 6.99. The first-order chi connectivity index (χ1) is 13.1. The molecule has 0 aliphatic carbocycles. The third-order valence-electron chi connectivity index (χ3n) is 4.88. The molecule has 2 aromatic rings. The number of carbonyl (C=O) groups excluding carboxylic acids is 2. The average Bonchev–Trinajstić information content (AvgIpc) is 3.20. The van der Waals surface area contributed by atoms with Crippen molar-refractivity contribution in [2.24, 2.45) is 5.92 Å². The van der Waals surface area contributed by atoms with E-state index in [9.17, 15) is 9.59 Å². The van der Waals surface area contributed by atoms with Crippen LogP contribution >= 0.6 is 0 Å². The highest BCUT2D eigenvalue weighted by molar-refractivity contribution is 5.94. The molecule has 3 rings (SSSR count). The second-order valence-electron chi connectivity index (χ2n) is 6.94. The van der Waals surface area contributed by atoms with E-state index in [0.717, 1.165) is 0 Å². The Labute approximate surface area is 159 Å². The number of hydrogen-bond donors (Lipinski definition) is 1. The van der Waals surface area contributed by atoms with E-state index in [1.54, 1.807) is 30.1 Å². The monoisotopic (exact) mass is 370 g/mol. The van der Waals surface area contributed by atoms with Crippen LogP contribution in [0.25, 0.3) is 0 Å². The minimum atomic E-state index is -0.0561. The van der Waals surface area contributed by atoms with E-state index >= 15 is 0 Å². The maximum absolute atomic E-state index is 12.7. The Bertz CT molecular complexity index is 767. The van der Waals surface area contributed by atoms with E-state index in [4.69, 9.17) is 4.74 Å². The molecule has 1 aliphatic heterocycles. The Morgan fingerprint density at radius 2 is 2.07 bits per heavy atom. The van der Waals surface area contributed by atoms with Crippen LogP contribution in [0.1, 0.15) is 30.1 Å². The SMILES string of the molecule is COc1cccc(C(=O)N2CCC(C(=O)NC(C)Cn3cccn3)CC2)c1. The third kappa shape index (κ3) is 4.87. The molecule has 2 amide bonds. The second kappa shape index (κ2) is 8.70. The van der Waals surface area contributed by atoms with E-state index in [-0.39, 0.29) is 23.8 Å². The Morgan fingerprint density at radius 1 is 1.30 bits per heavy atom. The van der Waals surface area contributed by atoms with Crippen molar-refractivity contribution in [1.82, 2.24) is 20.0 Å². The van der Waals surface area contributed by atoms with E-state index in [2.05, 4.69) is 10.4 Å². The number of aromatic nitrogens is 2. The van der Waals surface area contributed by atoms with Gasteiger partial charge in [0.25, 0.3) is 5.91 Å². The number of benzene rings is 1. The molecule has 0 radical (unpaired) electrons. The summed E-state index contributed by atoms with van der Waals surface area (Å²) in [5, 5.41) is 7.22. The van der Waals surface area contributed by atoms with Crippen molar-refractivity contribution in [2.75, 3.05) is 20.2 Å². The van der Waals surface area contributed by atoms with Crippen molar-refractivity contribution in [3.8, 4) is 5.75 Å².